The van der Waals surface area contributed by atoms with Gasteiger partial charge in [0, 0.05) is 29.9 Å². The van der Waals surface area contributed by atoms with Crippen molar-refractivity contribution < 1.29 is 0 Å². The molecule has 0 spiro atoms. The van der Waals surface area contributed by atoms with Crippen molar-refractivity contribution in [3.05, 3.63) is 5.82 Å². The maximum absolute atomic E-state index is 5.62. The van der Waals surface area contributed by atoms with Crippen LogP contribution >= 0.6 is 23.1 Å². The zero-order valence-electron chi connectivity index (χ0n) is 9.41. The number of nitrogens with zero attached hydrogens (tertiary/aromatic N) is 2. The van der Waals surface area contributed by atoms with Crippen LogP contribution in [0, 0.1) is 0 Å². The summed E-state index contributed by atoms with van der Waals surface area (Å²) in [6.45, 7) is 1.00. The van der Waals surface area contributed by atoms with Gasteiger partial charge in [-0.3, -0.25) is 0 Å². The Bertz CT molecular complexity index is 312. The Labute approximate surface area is 106 Å². The second-order valence-electron chi connectivity index (χ2n) is 4.26. The third-order valence-electron chi connectivity index (χ3n) is 2.72. The van der Waals surface area contributed by atoms with Crippen LogP contribution in [0.1, 0.15) is 50.3 Å². The van der Waals surface area contributed by atoms with Gasteiger partial charge in [0.2, 0.25) is 5.13 Å². The number of nitrogens with one attached hydrogen (secondary N) is 1. The average molecular weight is 260 g/mol. The first-order valence-electron chi connectivity index (χ1n) is 6.03. The molecule has 1 fully saturated rings. The van der Waals surface area contributed by atoms with E-state index in [1.54, 1.807) is 0 Å². The second kappa shape index (κ2) is 6.40. The van der Waals surface area contributed by atoms with E-state index in [4.69, 9.17) is 11.6 Å². The molecule has 5 heteroatoms. The summed E-state index contributed by atoms with van der Waals surface area (Å²) in [4.78, 5) is 4.48. The quantitative estimate of drug-likeness (QED) is 0.572. The van der Waals surface area contributed by atoms with Gasteiger partial charge in [-0.05, 0) is 25.7 Å². The third kappa shape index (κ3) is 3.91. The molecule has 0 radical (unpaired) electrons. The molecule has 16 heavy (non-hydrogen) atoms. The molecule has 1 heterocycles. The van der Waals surface area contributed by atoms with Crippen molar-refractivity contribution in [2.75, 3.05) is 17.7 Å². The molecule has 0 saturated heterocycles. The summed E-state index contributed by atoms with van der Waals surface area (Å²) in [6.07, 6.45) is 7.34. The maximum atomic E-state index is 5.62. The van der Waals surface area contributed by atoms with E-state index in [1.165, 1.54) is 43.6 Å². The van der Waals surface area contributed by atoms with E-state index < -0.39 is 0 Å². The van der Waals surface area contributed by atoms with Gasteiger partial charge >= 0.3 is 0 Å². The Balaban J connectivity index is 1.57. The molecule has 1 aromatic rings. The molecule has 1 N–H and O–H groups in total. The van der Waals surface area contributed by atoms with Gasteiger partial charge in [-0.1, -0.05) is 12.8 Å². The minimum Gasteiger partial charge on any atom is -0.360 e. The van der Waals surface area contributed by atoms with Crippen LogP contribution in [0.3, 0.4) is 0 Å². The SMILES string of the molecule is ClCCCCCCNc1nc(C2CC2)ns1. The predicted molar refractivity (Wildman–Crippen MR) is 69.6 cm³/mol. The van der Waals surface area contributed by atoms with E-state index in [-0.39, 0.29) is 0 Å². The summed E-state index contributed by atoms with van der Waals surface area (Å²) in [5.74, 6) is 2.50. The molecule has 1 aromatic heterocycles. The van der Waals surface area contributed by atoms with Crippen LogP contribution in [0.5, 0.6) is 0 Å². The monoisotopic (exact) mass is 259 g/mol. The van der Waals surface area contributed by atoms with Crippen molar-refractivity contribution in [3.63, 3.8) is 0 Å². The molecule has 0 amide bonds. The highest BCUT2D eigenvalue weighted by Gasteiger charge is 2.27. The summed E-state index contributed by atoms with van der Waals surface area (Å²) in [5, 5.41) is 4.32. The smallest absolute Gasteiger partial charge is 0.202 e. The molecule has 1 aliphatic rings. The first-order chi connectivity index (χ1) is 7.90. The van der Waals surface area contributed by atoms with E-state index in [0.29, 0.717) is 5.92 Å². The molecule has 0 aliphatic heterocycles. The second-order valence-corrected chi connectivity index (χ2v) is 5.39. The van der Waals surface area contributed by atoms with Gasteiger partial charge in [-0.2, -0.15) is 4.37 Å². The molecule has 0 atom stereocenters. The lowest BCUT2D eigenvalue weighted by Gasteiger charge is -2.01. The summed E-state index contributed by atoms with van der Waals surface area (Å²) in [7, 11) is 0. The number of hydrogen-bond donors (Lipinski definition) is 1. The number of alkyl halides is 1. The Morgan fingerprint density at radius 2 is 2.06 bits per heavy atom. The van der Waals surface area contributed by atoms with E-state index in [1.807, 2.05) is 0 Å². The van der Waals surface area contributed by atoms with Crippen molar-refractivity contribution in [1.82, 2.24) is 9.36 Å². The lowest BCUT2D eigenvalue weighted by atomic mass is 10.2. The van der Waals surface area contributed by atoms with Gasteiger partial charge in [0.15, 0.2) is 0 Å². The fourth-order valence-corrected chi connectivity index (χ4v) is 2.44. The summed E-state index contributed by atoms with van der Waals surface area (Å²) >= 11 is 7.11. The molecule has 1 saturated carbocycles. The average Bonchev–Trinajstić information content (AvgIpc) is 3.04. The van der Waals surface area contributed by atoms with Gasteiger partial charge in [0.1, 0.15) is 5.82 Å². The zero-order chi connectivity index (χ0) is 11.2. The molecule has 3 nitrogen and oxygen atoms in total. The zero-order valence-corrected chi connectivity index (χ0v) is 11.0. The Hall–Kier alpha value is -0.350. The van der Waals surface area contributed by atoms with Crippen molar-refractivity contribution in [1.29, 1.82) is 0 Å². The minimum absolute atomic E-state index is 0.663. The maximum Gasteiger partial charge on any atom is 0.202 e. The molecule has 90 valence electrons. The van der Waals surface area contributed by atoms with Crippen molar-refractivity contribution in [2.24, 2.45) is 0 Å². The molecule has 1 aliphatic carbocycles. The largest absolute Gasteiger partial charge is 0.360 e. The fraction of sp³-hybridized carbons (Fsp3) is 0.818. The molecule has 0 aromatic carbocycles. The number of anilines is 1. The topological polar surface area (TPSA) is 37.8 Å². The van der Waals surface area contributed by atoms with Crippen molar-refractivity contribution in [3.8, 4) is 0 Å². The van der Waals surface area contributed by atoms with E-state index >= 15 is 0 Å². The molecule has 0 bridgehead atoms. The van der Waals surface area contributed by atoms with Crippen LogP contribution in [0.15, 0.2) is 0 Å². The predicted octanol–water partition coefficient (Wildman–Crippen LogP) is 3.63. The van der Waals surface area contributed by atoms with Gasteiger partial charge in [-0.25, -0.2) is 4.98 Å². The molecular weight excluding hydrogens is 242 g/mol. The highest BCUT2D eigenvalue weighted by molar-refractivity contribution is 7.09. The Morgan fingerprint density at radius 3 is 2.81 bits per heavy atom. The van der Waals surface area contributed by atoms with Crippen LogP contribution in [0.2, 0.25) is 0 Å². The summed E-state index contributed by atoms with van der Waals surface area (Å²) < 4.78 is 4.36. The van der Waals surface area contributed by atoms with Gasteiger partial charge < -0.3 is 5.32 Å². The molecule has 0 unspecified atom stereocenters. The number of unbranched alkanes of at least 4 members (excludes halogenated alkanes) is 3. The number of aromatic nitrogens is 2. The Kier molecular flexibility index (Phi) is 4.85. The van der Waals surface area contributed by atoms with Crippen molar-refractivity contribution in [2.45, 2.75) is 44.4 Å². The lowest BCUT2D eigenvalue weighted by Crippen LogP contribution is -2.01. The minimum atomic E-state index is 0.663. The van der Waals surface area contributed by atoms with Gasteiger partial charge in [0.25, 0.3) is 0 Å². The van der Waals surface area contributed by atoms with Crippen LogP contribution in [0.25, 0.3) is 0 Å². The van der Waals surface area contributed by atoms with Gasteiger partial charge in [-0.15, -0.1) is 11.6 Å². The van der Waals surface area contributed by atoms with E-state index in [0.717, 1.165) is 29.8 Å². The van der Waals surface area contributed by atoms with E-state index in [2.05, 4.69) is 14.7 Å². The van der Waals surface area contributed by atoms with Crippen LogP contribution < -0.4 is 5.32 Å². The fourth-order valence-electron chi connectivity index (χ4n) is 1.58. The van der Waals surface area contributed by atoms with Crippen LogP contribution in [-0.4, -0.2) is 21.8 Å². The van der Waals surface area contributed by atoms with Crippen molar-refractivity contribution >= 4 is 28.3 Å². The van der Waals surface area contributed by atoms with Crippen LogP contribution in [-0.2, 0) is 0 Å². The number of hydrogen-bond acceptors (Lipinski definition) is 4. The van der Waals surface area contributed by atoms with E-state index in [9.17, 15) is 0 Å². The summed E-state index contributed by atoms with van der Waals surface area (Å²) in [6, 6.07) is 0. The molecule has 2 rings (SSSR count). The summed E-state index contributed by atoms with van der Waals surface area (Å²) in [5.41, 5.74) is 0. The first kappa shape index (κ1) is 12.1. The number of halogens is 1. The van der Waals surface area contributed by atoms with Crippen LogP contribution in [0.4, 0.5) is 5.13 Å². The lowest BCUT2D eigenvalue weighted by molar-refractivity contribution is 0.687. The highest BCUT2D eigenvalue weighted by Crippen LogP contribution is 2.39. The Morgan fingerprint density at radius 1 is 1.25 bits per heavy atom. The molecular formula is C11H18ClN3S. The standard InChI is InChI=1S/C11H18ClN3S/c12-7-3-1-2-4-8-13-11-14-10(15-16-11)9-5-6-9/h9H,1-8H2,(H,13,14,15). The third-order valence-corrected chi connectivity index (χ3v) is 3.68. The number of rotatable bonds is 8. The normalized spacial score (nSPS) is 15.3. The highest BCUT2D eigenvalue weighted by atomic mass is 35.5. The first-order valence-corrected chi connectivity index (χ1v) is 7.34. The van der Waals surface area contributed by atoms with Gasteiger partial charge in [0.05, 0.1) is 0 Å².